The van der Waals surface area contributed by atoms with Crippen LogP contribution in [0.2, 0.25) is 0 Å². The van der Waals surface area contributed by atoms with Crippen molar-refractivity contribution in [2.75, 3.05) is 0 Å². The minimum absolute atomic E-state index is 0.104. The summed E-state index contributed by atoms with van der Waals surface area (Å²) in [6.07, 6.45) is 2.13. The highest BCUT2D eigenvalue weighted by atomic mass is 16.3. The number of hydrogen-bond donors (Lipinski definition) is 1. The monoisotopic (exact) mass is 142 g/mol. The van der Waals surface area contributed by atoms with E-state index < -0.39 is 5.60 Å². The first-order valence-corrected chi connectivity index (χ1v) is 4.10. The standard InChI is InChI=1S/C9H18O/c1-7-5-6-9(4,10)8(7,2)3/h7,10H,5-6H2,1-4H3/t7-,9+/m0/s1. The minimum Gasteiger partial charge on any atom is -0.390 e. The maximum Gasteiger partial charge on any atom is 0.0673 e. The zero-order valence-electron chi connectivity index (χ0n) is 7.44. The van der Waals surface area contributed by atoms with Gasteiger partial charge in [-0.2, -0.15) is 0 Å². The van der Waals surface area contributed by atoms with Crippen molar-refractivity contribution in [1.82, 2.24) is 0 Å². The molecule has 1 nitrogen and oxygen atoms in total. The summed E-state index contributed by atoms with van der Waals surface area (Å²) in [4.78, 5) is 0. The van der Waals surface area contributed by atoms with E-state index in [-0.39, 0.29) is 5.41 Å². The molecule has 1 saturated carbocycles. The lowest BCUT2D eigenvalue weighted by Crippen LogP contribution is -2.39. The molecule has 0 aromatic rings. The van der Waals surface area contributed by atoms with Crippen LogP contribution < -0.4 is 0 Å². The van der Waals surface area contributed by atoms with Crippen LogP contribution in [-0.2, 0) is 0 Å². The largest absolute Gasteiger partial charge is 0.390 e. The molecule has 1 fully saturated rings. The Bertz CT molecular complexity index is 136. The van der Waals surface area contributed by atoms with Gasteiger partial charge >= 0.3 is 0 Å². The lowest BCUT2D eigenvalue weighted by atomic mass is 9.74. The SMILES string of the molecule is C[C@H]1CC[C@@](C)(O)C1(C)C. The molecule has 0 aliphatic heterocycles. The van der Waals surface area contributed by atoms with Crippen molar-refractivity contribution in [2.45, 2.75) is 46.1 Å². The van der Waals surface area contributed by atoms with Gasteiger partial charge in [0.2, 0.25) is 0 Å². The summed E-state index contributed by atoms with van der Waals surface area (Å²) in [6, 6.07) is 0. The first kappa shape index (κ1) is 8.06. The molecule has 1 N–H and O–H groups in total. The van der Waals surface area contributed by atoms with Crippen LogP contribution in [0.3, 0.4) is 0 Å². The van der Waals surface area contributed by atoms with Gasteiger partial charge in [-0.3, -0.25) is 0 Å². The number of aliphatic hydroxyl groups is 1. The van der Waals surface area contributed by atoms with Crippen molar-refractivity contribution in [3.63, 3.8) is 0 Å². The molecule has 2 atom stereocenters. The third kappa shape index (κ3) is 0.878. The maximum absolute atomic E-state index is 9.89. The fourth-order valence-corrected chi connectivity index (χ4v) is 1.71. The fourth-order valence-electron chi connectivity index (χ4n) is 1.71. The average Bonchev–Trinajstić information content (AvgIpc) is 1.94. The van der Waals surface area contributed by atoms with Gasteiger partial charge in [0.1, 0.15) is 0 Å². The Morgan fingerprint density at radius 2 is 1.80 bits per heavy atom. The lowest BCUT2D eigenvalue weighted by Gasteiger charge is -2.36. The Kier molecular flexibility index (Phi) is 1.59. The van der Waals surface area contributed by atoms with Crippen molar-refractivity contribution in [1.29, 1.82) is 0 Å². The molecule has 0 aromatic carbocycles. The Morgan fingerprint density at radius 3 is 1.90 bits per heavy atom. The van der Waals surface area contributed by atoms with Crippen LogP contribution in [0.15, 0.2) is 0 Å². The van der Waals surface area contributed by atoms with Crippen LogP contribution in [0.4, 0.5) is 0 Å². The van der Waals surface area contributed by atoms with Gasteiger partial charge in [-0.1, -0.05) is 20.8 Å². The second kappa shape index (κ2) is 1.97. The second-order valence-electron chi connectivity index (χ2n) is 4.44. The van der Waals surface area contributed by atoms with Gasteiger partial charge in [-0.25, -0.2) is 0 Å². The van der Waals surface area contributed by atoms with Gasteiger partial charge in [0.05, 0.1) is 5.60 Å². The van der Waals surface area contributed by atoms with Gasteiger partial charge < -0.3 is 5.11 Å². The molecule has 0 radical (unpaired) electrons. The van der Waals surface area contributed by atoms with E-state index in [0.717, 1.165) is 6.42 Å². The van der Waals surface area contributed by atoms with Crippen LogP contribution in [0.1, 0.15) is 40.5 Å². The third-order valence-corrected chi connectivity index (χ3v) is 3.68. The summed E-state index contributed by atoms with van der Waals surface area (Å²) in [5.41, 5.74) is -0.334. The zero-order valence-corrected chi connectivity index (χ0v) is 7.44. The molecule has 1 aliphatic carbocycles. The van der Waals surface area contributed by atoms with Gasteiger partial charge in [-0.05, 0) is 31.1 Å². The molecule has 0 saturated heterocycles. The van der Waals surface area contributed by atoms with Gasteiger partial charge in [-0.15, -0.1) is 0 Å². The Morgan fingerprint density at radius 1 is 1.30 bits per heavy atom. The van der Waals surface area contributed by atoms with E-state index in [9.17, 15) is 5.11 Å². The molecule has 0 aromatic heterocycles. The molecule has 0 unspecified atom stereocenters. The molecular weight excluding hydrogens is 124 g/mol. The van der Waals surface area contributed by atoms with Crippen LogP contribution in [0.25, 0.3) is 0 Å². The smallest absolute Gasteiger partial charge is 0.0673 e. The van der Waals surface area contributed by atoms with E-state index in [1.165, 1.54) is 6.42 Å². The molecule has 1 aliphatic rings. The summed E-state index contributed by atoms with van der Waals surface area (Å²) in [5.74, 6) is 0.655. The van der Waals surface area contributed by atoms with Crippen LogP contribution >= 0.6 is 0 Å². The molecule has 10 heavy (non-hydrogen) atoms. The van der Waals surface area contributed by atoms with E-state index in [1.807, 2.05) is 6.92 Å². The van der Waals surface area contributed by atoms with Crippen molar-refractivity contribution >= 4 is 0 Å². The van der Waals surface area contributed by atoms with Crippen molar-refractivity contribution in [3.8, 4) is 0 Å². The van der Waals surface area contributed by atoms with E-state index in [0.29, 0.717) is 5.92 Å². The molecule has 60 valence electrons. The number of rotatable bonds is 0. The third-order valence-electron chi connectivity index (χ3n) is 3.68. The summed E-state index contributed by atoms with van der Waals surface area (Å²) >= 11 is 0. The molecule has 0 amide bonds. The first-order chi connectivity index (χ1) is 4.38. The molecule has 1 heteroatoms. The predicted octanol–water partition coefficient (Wildman–Crippen LogP) is 2.19. The van der Waals surface area contributed by atoms with Crippen LogP contribution in [-0.4, -0.2) is 10.7 Å². The lowest BCUT2D eigenvalue weighted by molar-refractivity contribution is -0.0395. The Balaban J connectivity index is 2.84. The fraction of sp³-hybridized carbons (Fsp3) is 1.00. The summed E-state index contributed by atoms with van der Waals surface area (Å²) in [5, 5.41) is 9.89. The summed E-state index contributed by atoms with van der Waals surface area (Å²) in [7, 11) is 0. The minimum atomic E-state index is -0.438. The topological polar surface area (TPSA) is 20.2 Å². The first-order valence-electron chi connectivity index (χ1n) is 4.10. The maximum atomic E-state index is 9.89. The average molecular weight is 142 g/mol. The van der Waals surface area contributed by atoms with E-state index in [1.54, 1.807) is 0 Å². The quantitative estimate of drug-likeness (QED) is 0.549. The van der Waals surface area contributed by atoms with Crippen molar-refractivity contribution < 1.29 is 5.11 Å². The van der Waals surface area contributed by atoms with Crippen LogP contribution in [0, 0.1) is 11.3 Å². The van der Waals surface area contributed by atoms with Crippen molar-refractivity contribution in [2.24, 2.45) is 11.3 Å². The van der Waals surface area contributed by atoms with E-state index in [2.05, 4.69) is 20.8 Å². The predicted molar refractivity (Wildman–Crippen MR) is 42.8 cm³/mol. The summed E-state index contributed by atoms with van der Waals surface area (Å²) in [6.45, 7) is 8.49. The molecular formula is C9H18O. The van der Waals surface area contributed by atoms with E-state index in [4.69, 9.17) is 0 Å². The zero-order chi connectivity index (χ0) is 7.99. The molecule has 0 spiro atoms. The molecule has 1 rings (SSSR count). The summed E-state index contributed by atoms with van der Waals surface area (Å²) < 4.78 is 0. The van der Waals surface area contributed by atoms with Crippen LogP contribution in [0.5, 0.6) is 0 Å². The Labute approximate surface area is 63.4 Å². The van der Waals surface area contributed by atoms with Gasteiger partial charge in [0, 0.05) is 0 Å². The van der Waals surface area contributed by atoms with Crippen molar-refractivity contribution in [3.05, 3.63) is 0 Å². The van der Waals surface area contributed by atoms with E-state index >= 15 is 0 Å². The normalized spacial score (nSPS) is 45.9. The molecule has 0 bridgehead atoms. The number of hydrogen-bond acceptors (Lipinski definition) is 1. The highest BCUT2D eigenvalue weighted by Crippen LogP contribution is 2.49. The highest BCUT2D eigenvalue weighted by Gasteiger charge is 2.48. The van der Waals surface area contributed by atoms with Gasteiger partial charge in [0.15, 0.2) is 0 Å². The molecule has 0 heterocycles. The highest BCUT2D eigenvalue weighted by molar-refractivity contribution is 4.98. The Hall–Kier alpha value is -0.0400. The van der Waals surface area contributed by atoms with Gasteiger partial charge in [0.25, 0.3) is 0 Å². The second-order valence-corrected chi connectivity index (χ2v) is 4.44.